The van der Waals surface area contributed by atoms with Gasteiger partial charge in [-0.25, -0.2) is 9.78 Å². The second-order valence-corrected chi connectivity index (χ2v) is 6.73. The number of carbonyl (C=O) groups excluding carboxylic acids is 1. The van der Waals surface area contributed by atoms with Crippen LogP contribution >= 0.6 is 0 Å². The van der Waals surface area contributed by atoms with E-state index in [2.05, 4.69) is 15.0 Å². The van der Waals surface area contributed by atoms with Crippen molar-refractivity contribution < 1.29 is 9.53 Å². The van der Waals surface area contributed by atoms with E-state index in [1.54, 1.807) is 17.2 Å². The van der Waals surface area contributed by atoms with Crippen LogP contribution in [0.5, 0.6) is 0 Å². The van der Waals surface area contributed by atoms with Crippen molar-refractivity contribution in [2.45, 2.75) is 26.4 Å². The van der Waals surface area contributed by atoms with Gasteiger partial charge in [-0.3, -0.25) is 9.78 Å². The predicted molar refractivity (Wildman–Crippen MR) is 90.2 cm³/mol. The number of rotatable bonds is 1. The summed E-state index contributed by atoms with van der Waals surface area (Å²) in [4.78, 5) is 39.0. The van der Waals surface area contributed by atoms with E-state index in [-0.39, 0.29) is 11.7 Å². The predicted octanol–water partition coefficient (Wildman–Crippen LogP) is 1.38. The fourth-order valence-corrected chi connectivity index (χ4v) is 2.61. The average Bonchev–Trinajstić information content (AvgIpc) is 2.53. The Labute approximate surface area is 139 Å². The van der Waals surface area contributed by atoms with Crippen LogP contribution in [0.3, 0.4) is 0 Å². The molecule has 0 aromatic carbocycles. The van der Waals surface area contributed by atoms with E-state index in [9.17, 15) is 9.59 Å². The minimum absolute atomic E-state index is 0.200. The van der Waals surface area contributed by atoms with E-state index in [1.165, 1.54) is 6.20 Å². The largest absolute Gasteiger partial charge is 0.444 e. The molecule has 1 amide bonds. The Hall–Kier alpha value is -2.64. The Kier molecular flexibility index (Phi) is 4.13. The fraction of sp³-hybridized carbons (Fsp3) is 0.500. The van der Waals surface area contributed by atoms with Crippen LogP contribution in [0, 0.1) is 0 Å². The summed E-state index contributed by atoms with van der Waals surface area (Å²) in [5.41, 5.74) is 0.948. The third-order valence-corrected chi connectivity index (χ3v) is 3.74. The third-order valence-electron chi connectivity index (χ3n) is 3.74. The molecule has 0 unspecified atom stereocenters. The molecular formula is C16H21N5O3. The maximum Gasteiger partial charge on any atom is 0.410 e. The van der Waals surface area contributed by atoms with Crippen molar-refractivity contribution in [3.05, 3.63) is 28.8 Å². The van der Waals surface area contributed by atoms with E-state index >= 15 is 0 Å². The first-order chi connectivity index (χ1) is 11.3. The number of aromatic amines is 1. The van der Waals surface area contributed by atoms with Gasteiger partial charge in [0.1, 0.15) is 16.8 Å². The summed E-state index contributed by atoms with van der Waals surface area (Å²) in [7, 11) is 0. The van der Waals surface area contributed by atoms with Gasteiger partial charge in [-0.15, -0.1) is 0 Å². The topological polar surface area (TPSA) is 91.4 Å². The van der Waals surface area contributed by atoms with Crippen LogP contribution in [-0.4, -0.2) is 57.7 Å². The zero-order valence-electron chi connectivity index (χ0n) is 14.1. The Morgan fingerprint density at radius 3 is 2.50 bits per heavy atom. The summed E-state index contributed by atoms with van der Waals surface area (Å²) >= 11 is 0. The second-order valence-electron chi connectivity index (χ2n) is 6.73. The van der Waals surface area contributed by atoms with Crippen LogP contribution in [0.2, 0.25) is 0 Å². The molecule has 128 valence electrons. The number of amides is 1. The van der Waals surface area contributed by atoms with Gasteiger partial charge in [-0.2, -0.15) is 0 Å². The number of piperazine rings is 1. The second kappa shape index (κ2) is 6.10. The minimum Gasteiger partial charge on any atom is -0.444 e. The van der Waals surface area contributed by atoms with Gasteiger partial charge in [-0.05, 0) is 26.8 Å². The molecule has 0 radical (unpaired) electrons. The quantitative estimate of drug-likeness (QED) is 0.849. The monoisotopic (exact) mass is 331 g/mol. The molecule has 0 atom stereocenters. The lowest BCUT2D eigenvalue weighted by Crippen LogP contribution is -2.51. The number of hydrogen-bond acceptors (Lipinski definition) is 6. The van der Waals surface area contributed by atoms with E-state index in [1.807, 2.05) is 25.7 Å². The number of pyridine rings is 1. The van der Waals surface area contributed by atoms with Crippen molar-refractivity contribution in [1.29, 1.82) is 0 Å². The fourth-order valence-electron chi connectivity index (χ4n) is 2.61. The number of nitrogens with one attached hydrogen (secondary N) is 1. The minimum atomic E-state index is -0.512. The maximum absolute atomic E-state index is 12.3. The summed E-state index contributed by atoms with van der Waals surface area (Å²) < 4.78 is 5.38. The molecule has 1 N–H and O–H groups in total. The summed E-state index contributed by atoms with van der Waals surface area (Å²) in [6.45, 7) is 7.67. The lowest BCUT2D eigenvalue weighted by molar-refractivity contribution is 0.0240. The van der Waals surface area contributed by atoms with Crippen LogP contribution in [0.1, 0.15) is 20.8 Å². The first-order valence-electron chi connectivity index (χ1n) is 7.90. The van der Waals surface area contributed by atoms with Gasteiger partial charge in [0.25, 0.3) is 5.56 Å². The third kappa shape index (κ3) is 3.47. The van der Waals surface area contributed by atoms with E-state index < -0.39 is 5.60 Å². The van der Waals surface area contributed by atoms with Crippen LogP contribution in [0.15, 0.2) is 23.3 Å². The Balaban J connectivity index is 1.72. The molecule has 0 bridgehead atoms. The van der Waals surface area contributed by atoms with Crippen LogP contribution < -0.4 is 10.5 Å². The Morgan fingerprint density at radius 2 is 1.83 bits per heavy atom. The highest BCUT2D eigenvalue weighted by Crippen LogP contribution is 2.17. The molecule has 0 spiro atoms. The molecule has 2 aromatic heterocycles. The molecule has 1 fully saturated rings. The van der Waals surface area contributed by atoms with Gasteiger partial charge in [-0.1, -0.05) is 0 Å². The average molecular weight is 331 g/mol. The summed E-state index contributed by atoms with van der Waals surface area (Å²) in [5.74, 6) is 0. The van der Waals surface area contributed by atoms with E-state index in [0.717, 1.165) is 0 Å². The number of fused-ring (bicyclic) bond motifs is 1. The van der Waals surface area contributed by atoms with Crippen LogP contribution in [-0.2, 0) is 4.74 Å². The summed E-state index contributed by atoms with van der Waals surface area (Å²) in [5, 5.41) is 0. The van der Waals surface area contributed by atoms with Crippen LogP contribution in [0.4, 0.5) is 10.5 Å². The van der Waals surface area contributed by atoms with Gasteiger partial charge in [0.2, 0.25) is 0 Å². The molecule has 0 saturated carbocycles. The Morgan fingerprint density at radius 1 is 1.17 bits per heavy atom. The van der Waals surface area contributed by atoms with Crippen molar-refractivity contribution >= 4 is 22.9 Å². The lowest BCUT2D eigenvalue weighted by Gasteiger charge is -2.36. The SMILES string of the molecule is CC(C)(C)OC(=O)N1CCN(c2cc3nccnc3[nH]c2=O)CC1. The zero-order chi connectivity index (χ0) is 17.3. The number of carbonyl (C=O) groups is 1. The van der Waals surface area contributed by atoms with Gasteiger partial charge in [0.15, 0.2) is 5.65 Å². The van der Waals surface area contributed by atoms with Crippen molar-refractivity contribution in [2.75, 3.05) is 31.1 Å². The molecule has 1 aliphatic heterocycles. The van der Waals surface area contributed by atoms with E-state index in [0.29, 0.717) is 43.0 Å². The number of ether oxygens (including phenoxy) is 1. The van der Waals surface area contributed by atoms with Crippen molar-refractivity contribution in [1.82, 2.24) is 19.9 Å². The first-order valence-corrected chi connectivity index (χ1v) is 7.90. The molecule has 24 heavy (non-hydrogen) atoms. The molecule has 3 heterocycles. The standard InChI is InChI=1S/C16H21N5O3/c1-16(2,3)24-15(23)21-8-6-20(7-9-21)12-10-11-13(19-14(12)22)18-5-4-17-11/h4-5,10H,6-9H2,1-3H3,(H,18,19,22). The Bertz CT molecular complexity index is 803. The summed E-state index contributed by atoms with van der Waals surface area (Å²) in [6.07, 6.45) is 2.81. The molecule has 0 aliphatic carbocycles. The molecule has 1 aliphatic rings. The molecule has 2 aromatic rings. The van der Waals surface area contributed by atoms with Gasteiger partial charge >= 0.3 is 6.09 Å². The zero-order valence-corrected chi connectivity index (χ0v) is 14.1. The van der Waals surface area contributed by atoms with Gasteiger partial charge in [0.05, 0.1) is 0 Å². The molecule has 8 heteroatoms. The number of hydrogen-bond donors (Lipinski definition) is 1. The smallest absolute Gasteiger partial charge is 0.410 e. The molecule has 3 rings (SSSR count). The van der Waals surface area contributed by atoms with Crippen molar-refractivity contribution in [3.63, 3.8) is 0 Å². The van der Waals surface area contributed by atoms with Gasteiger partial charge in [0, 0.05) is 38.6 Å². The molecule has 8 nitrogen and oxygen atoms in total. The summed E-state index contributed by atoms with van der Waals surface area (Å²) in [6, 6.07) is 1.74. The molecule has 1 saturated heterocycles. The highest BCUT2D eigenvalue weighted by atomic mass is 16.6. The van der Waals surface area contributed by atoms with Gasteiger partial charge < -0.3 is 19.5 Å². The number of H-pyrrole nitrogens is 1. The van der Waals surface area contributed by atoms with Crippen molar-refractivity contribution in [2.24, 2.45) is 0 Å². The lowest BCUT2D eigenvalue weighted by atomic mass is 10.2. The highest BCUT2D eigenvalue weighted by Gasteiger charge is 2.26. The number of nitrogens with zero attached hydrogens (tertiary/aromatic N) is 4. The maximum atomic E-state index is 12.3. The van der Waals surface area contributed by atoms with Crippen molar-refractivity contribution in [3.8, 4) is 0 Å². The number of anilines is 1. The highest BCUT2D eigenvalue weighted by molar-refractivity contribution is 5.74. The normalized spacial score (nSPS) is 15.6. The van der Waals surface area contributed by atoms with E-state index in [4.69, 9.17) is 4.74 Å². The first kappa shape index (κ1) is 16.2. The van der Waals surface area contributed by atoms with Crippen LogP contribution in [0.25, 0.3) is 11.2 Å². The number of aromatic nitrogens is 3. The molecular weight excluding hydrogens is 310 g/mol.